The predicted octanol–water partition coefficient (Wildman–Crippen LogP) is 3.40. The average Bonchev–Trinajstić information content (AvgIpc) is 2.75. The van der Waals surface area contributed by atoms with Crippen LogP contribution in [0.25, 0.3) is 6.08 Å². The first kappa shape index (κ1) is 26.0. The smallest absolute Gasteiger partial charge is 0.316 e. The normalized spacial score (nSPS) is 20.1. The molecule has 7 nitrogen and oxygen atoms in total. The van der Waals surface area contributed by atoms with Gasteiger partial charge in [0.05, 0.1) is 17.8 Å². The highest BCUT2D eigenvalue weighted by molar-refractivity contribution is 6.31. The van der Waals surface area contributed by atoms with Crippen LogP contribution in [0.1, 0.15) is 16.7 Å². The second-order valence-electron chi connectivity index (χ2n) is 8.54. The molecular formula is C24H28Cl2FN5O2. The molecule has 2 aliphatic heterocycles. The van der Waals surface area contributed by atoms with Crippen LogP contribution in [-0.4, -0.2) is 60.0 Å². The quantitative estimate of drug-likeness (QED) is 0.541. The van der Waals surface area contributed by atoms with Gasteiger partial charge in [0.15, 0.2) is 0 Å². The molecule has 0 aromatic heterocycles. The number of fused-ring (bicyclic) bond motifs is 2. The molecule has 2 aromatic carbocycles. The Hall–Kier alpha value is -2.65. The standard InChI is InChI=1S/C24H27ClFN5O2.ClH/c1-15-8-17(22(9-21(15)25)29-24(27)33)4-7-23(32)31-19-10-28-11-20(31)14-30(13-19)12-16-2-5-18(26)6-3-16;/h2-9,19-20,28H,10-14H2,1H3,(H3,27,29,33);1H/b7-4+;. The van der Waals surface area contributed by atoms with Crippen molar-refractivity contribution < 1.29 is 14.0 Å². The SMILES string of the molecule is Cc1cc(/C=C/C(=O)N2C3CNCC2CN(Cc2ccc(F)cc2)C3)c(NC(N)=O)cc1Cl.Cl. The van der Waals surface area contributed by atoms with Crippen molar-refractivity contribution in [3.05, 3.63) is 70.0 Å². The minimum Gasteiger partial charge on any atom is -0.351 e. The lowest BCUT2D eigenvalue weighted by molar-refractivity contribution is -0.136. The molecule has 2 aromatic rings. The van der Waals surface area contributed by atoms with Crippen LogP contribution in [0.4, 0.5) is 14.9 Å². The van der Waals surface area contributed by atoms with E-state index in [0.29, 0.717) is 29.4 Å². The maximum Gasteiger partial charge on any atom is 0.316 e. The van der Waals surface area contributed by atoms with E-state index in [9.17, 15) is 14.0 Å². The highest BCUT2D eigenvalue weighted by Crippen LogP contribution is 2.27. The van der Waals surface area contributed by atoms with Crippen molar-refractivity contribution in [1.29, 1.82) is 0 Å². The fraction of sp³-hybridized carbons (Fsp3) is 0.333. The van der Waals surface area contributed by atoms with Gasteiger partial charge in [-0.15, -0.1) is 12.4 Å². The highest BCUT2D eigenvalue weighted by Gasteiger charge is 2.39. The Bertz CT molecular complexity index is 1070. The molecule has 0 aliphatic carbocycles. The third-order valence-corrected chi connectivity index (χ3v) is 6.46. The Balaban J connectivity index is 0.00000324. The maximum absolute atomic E-state index is 13.2. The molecule has 2 unspecified atom stereocenters. The third-order valence-electron chi connectivity index (χ3n) is 6.05. The second kappa shape index (κ2) is 11.2. The molecule has 2 bridgehead atoms. The highest BCUT2D eigenvalue weighted by atomic mass is 35.5. The molecule has 10 heteroatoms. The van der Waals surface area contributed by atoms with E-state index in [1.54, 1.807) is 30.3 Å². The summed E-state index contributed by atoms with van der Waals surface area (Å²) in [5, 5.41) is 6.47. The minimum atomic E-state index is -0.700. The number of rotatable bonds is 5. The summed E-state index contributed by atoms with van der Waals surface area (Å²) in [6.07, 6.45) is 3.22. The van der Waals surface area contributed by atoms with Gasteiger partial charge in [0.2, 0.25) is 5.91 Å². The number of benzene rings is 2. The van der Waals surface area contributed by atoms with Crippen molar-refractivity contribution in [1.82, 2.24) is 15.1 Å². The number of amides is 3. The van der Waals surface area contributed by atoms with Gasteiger partial charge in [0.1, 0.15) is 5.82 Å². The number of nitrogens with zero attached hydrogens (tertiary/aromatic N) is 2. The fourth-order valence-corrected chi connectivity index (χ4v) is 4.72. The van der Waals surface area contributed by atoms with Gasteiger partial charge < -0.3 is 21.3 Å². The molecular weight excluding hydrogens is 480 g/mol. The van der Waals surface area contributed by atoms with Crippen LogP contribution in [0.2, 0.25) is 5.02 Å². The summed E-state index contributed by atoms with van der Waals surface area (Å²) in [6.45, 7) is 5.46. The molecule has 4 N–H and O–H groups in total. The first-order valence-electron chi connectivity index (χ1n) is 10.8. The third kappa shape index (κ3) is 6.07. The largest absolute Gasteiger partial charge is 0.351 e. The molecule has 182 valence electrons. The van der Waals surface area contributed by atoms with E-state index < -0.39 is 6.03 Å². The van der Waals surface area contributed by atoms with Crippen molar-refractivity contribution in [2.75, 3.05) is 31.5 Å². The summed E-state index contributed by atoms with van der Waals surface area (Å²) >= 11 is 6.18. The molecule has 2 heterocycles. The zero-order valence-electron chi connectivity index (χ0n) is 18.8. The molecule has 2 fully saturated rings. The van der Waals surface area contributed by atoms with Crippen molar-refractivity contribution in [2.24, 2.45) is 5.73 Å². The van der Waals surface area contributed by atoms with Crippen LogP contribution >= 0.6 is 24.0 Å². The van der Waals surface area contributed by atoms with Gasteiger partial charge in [-0.1, -0.05) is 23.7 Å². The molecule has 0 saturated carbocycles. The number of carbonyl (C=O) groups excluding carboxylic acids is 2. The van der Waals surface area contributed by atoms with E-state index >= 15 is 0 Å². The van der Waals surface area contributed by atoms with Gasteiger partial charge in [-0.3, -0.25) is 9.69 Å². The van der Waals surface area contributed by atoms with Gasteiger partial charge in [0.25, 0.3) is 0 Å². The van der Waals surface area contributed by atoms with Crippen molar-refractivity contribution >= 4 is 47.7 Å². The number of anilines is 1. The van der Waals surface area contributed by atoms with Crippen molar-refractivity contribution in [3.8, 4) is 0 Å². The molecule has 2 atom stereocenters. The van der Waals surface area contributed by atoms with Crippen LogP contribution in [0, 0.1) is 12.7 Å². The Morgan fingerprint density at radius 3 is 2.47 bits per heavy atom. The van der Waals surface area contributed by atoms with Gasteiger partial charge in [-0.2, -0.15) is 0 Å². The van der Waals surface area contributed by atoms with Gasteiger partial charge >= 0.3 is 6.03 Å². The van der Waals surface area contributed by atoms with E-state index in [1.165, 1.54) is 18.2 Å². The lowest BCUT2D eigenvalue weighted by Crippen LogP contribution is -2.68. The Labute approximate surface area is 209 Å². The molecule has 34 heavy (non-hydrogen) atoms. The number of hydrogen-bond donors (Lipinski definition) is 3. The summed E-state index contributed by atoms with van der Waals surface area (Å²) in [5.74, 6) is -0.322. The monoisotopic (exact) mass is 507 g/mol. The number of carbonyl (C=O) groups is 2. The van der Waals surface area contributed by atoms with Crippen LogP contribution in [0.3, 0.4) is 0 Å². The van der Waals surface area contributed by atoms with Crippen LogP contribution < -0.4 is 16.4 Å². The first-order chi connectivity index (χ1) is 15.8. The summed E-state index contributed by atoms with van der Waals surface area (Å²) < 4.78 is 13.2. The lowest BCUT2D eigenvalue weighted by atomic mass is 10.00. The molecule has 0 radical (unpaired) electrons. The molecule has 3 amide bonds. The van der Waals surface area contributed by atoms with Gasteiger partial charge in [-0.05, 0) is 54.0 Å². The van der Waals surface area contributed by atoms with E-state index in [2.05, 4.69) is 15.5 Å². The number of primary amides is 1. The predicted molar refractivity (Wildman–Crippen MR) is 135 cm³/mol. The van der Waals surface area contributed by atoms with Gasteiger partial charge in [0, 0.05) is 43.8 Å². The molecule has 4 rings (SSSR count). The van der Waals surface area contributed by atoms with Crippen LogP contribution in [0.5, 0.6) is 0 Å². The van der Waals surface area contributed by atoms with Crippen LogP contribution in [-0.2, 0) is 11.3 Å². The Morgan fingerprint density at radius 1 is 1.21 bits per heavy atom. The number of nitrogens with one attached hydrogen (secondary N) is 2. The summed E-state index contributed by atoms with van der Waals surface area (Å²) in [5.41, 5.74) is 8.25. The topological polar surface area (TPSA) is 90.7 Å². The summed E-state index contributed by atoms with van der Waals surface area (Å²) in [7, 11) is 0. The van der Waals surface area contributed by atoms with E-state index in [-0.39, 0.29) is 36.2 Å². The zero-order chi connectivity index (χ0) is 23.5. The van der Waals surface area contributed by atoms with E-state index in [4.69, 9.17) is 17.3 Å². The summed E-state index contributed by atoms with van der Waals surface area (Å²) in [6, 6.07) is 9.35. The first-order valence-corrected chi connectivity index (χ1v) is 11.2. The fourth-order valence-electron chi connectivity index (χ4n) is 4.55. The summed E-state index contributed by atoms with van der Waals surface area (Å²) in [4.78, 5) is 28.8. The van der Waals surface area contributed by atoms with Crippen molar-refractivity contribution in [3.63, 3.8) is 0 Å². The van der Waals surface area contributed by atoms with Crippen molar-refractivity contribution in [2.45, 2.75) is 25.6 Å². The van der Waals surface area contributed by atoms with Gasteiger partial charge in [-0.25, -0.2) is 9.18 Å². The lowest BCUT2D eigenvalue weighted by Gasteiger charge is -2.50. The zero-order valence-corrected chi connectivity index (χ0v) is 20.3. The minimum absolute atomic E-state index is 0. The molecule has 2 aliphatic rings. The van der Waals surface area contributed by atoms with E-state index in [1.807, 2.05) is 11.8 Å². The number of aryl methyl sites for hydroxylation is 1. The van der Waals surface area contributed by atoms with Crippen LogP contribution in [0.15, 0.2) is 42.5 Å². The number of hydrogen-bond acceptors (Lipinski definition) is 4. The number of piperazine rings is 2. The number of nitrogens with two attached hydrogens (primary N) is 1. The average molecular weight is 508 g/mol. The molecule has 2 saturated heterocycles. The Kier molecular flexibility index (Phi) is 8.54. The molecule has 0 spiro atoms. The Morgan fingerprint density at radius 2 is 1.85 bits per heavy atom. The number of urea groups is 1. The maximum atomic E-state index is 13.2. The number of halogens is 3. The van der Waals surface area contributed by atoms with E-state index in [0.717, 1.165) is 30.8 Å². The second-order valence-corrected chi connectivity index (χ2v) is 8.95.